The number of aliphatic hydroxyl groups excluding tert-OH is 1. The monoisotopic (exact) mass is 398 g/mol. The summed E-state index contributed by atoms with van der Waals surface area (Å²) in [5.74, 6) is -0.918. The van der Waals surface area contributed by atoms with Crippen LogP contribution in [0.5, 0.6) is 0 Å². The van der Waals surface area contributed by atoms with Crippen molar-refractivity contribution < 1.29 is 14.7 Å². The molecule has 0 radical (unpaired) electrons. The zero-order chi connectivity index (χ0) is 19.3. The van der Waals surface area contributed by atoms with E-state index in [1.54, 1.807) is 20.2 Å². The maximum absolute atomic E-state index is 11.4. The first-order valence-electron chi connectivity index (χ1n) is 8.09. The van der Waals surface area contributed by atoms with Crippen molar-refractivity contribution in [3.05, 3.63) is 6.33 Å². The number of imidazole rings is 1. The fourth-order valence-corrected chi connectivity index (χ4v) is 3.65. The van der Waals surface area contributed by atoms with E-state index in [4.69, 9.17) is 16.6 Å². The highest BCUT2D eigenvalue weighted by atomic mass is 32.2. The van der Waals surface area contributed by atoms with Gasteiger partial charge in [0.1, 0.15) is 10.5 Å². The molecule has 2 heterocycles. The summed E-state index contributed by atoms with van der Waals surface area (Å²) in [7, 11) is 0. The highest BCUT2D eigenvalue weighted by Gasteiger charge is 2.20. The molecule has 0 aromatic carbocycles. The van der Waals surface area contributed by atoms with E-state index >= 15 is 0 Å². The average molecular weight is 399 g/mol. The van der Waals surface area contributed by atoms with Crippen LogP contribution in [0.25, 0.3) is 11.2 Å². The van der Waals surface area contributed by atoms with Gasteiger partial charge in [-0.25, -0.2) is 15.0 Å². The molecule has 0 saturated carbocycles. The molecule has 2 rings (SSSR count). The van der Waals surface area contributed by atoms with Crippen LogP contribution in [0.4, 0.5) is 0 Å². The zero-order valence-electron chi connectivity index (χ0n) is 14.6. The van der Waals surface area contributed by atoms with Crippen molar-refractivity contribution in [3.63, 3.8) is 0 Å². The summed E-state index contributed by atoms with van der Waals surface area (Å²) < 4.78 is 1.87. The van der Waals surface area contributed by atoms with Gasteiger partial charge in [0, 0.05) is 13.2 Å². The van der Waals surface area contributed by atoms with Crippen molar-refractivity contribution in [2.24, 2.45) is 11.5 Å². The second-order valence-electron chi connectivity index (χ2n) is 5.68. The quantitative estimate of drug-likeness (QED) is 0.227. The van der Waals surface area contributed by atoms with E-state index in [0.29, 0.717) is 34.3 Å². The van der Waals surface area contributed by atoms with E-state index < -0.39 is 22.3 Å². The predicted octanol–water partition coefficient (Wildman–Crippen LogP) is 0.531. The van der Waals surface area contributed by atoms with Crippen LogP contribution in [0, 0.1) is 0 Å². The van der Waals surface area contributed by atoms with Crippen LogP contribution in [0.15, 0.2) is 16.5 Å². The van der Waals surface area contributed by atoms with E-state index in [0.717, 1.165) is 18.2 Å². The van der Waals surface area contributed by atoms with E-state index in [-0.39, 0.29) is 6.61 Å². The molecule has 0 aliphatic rings. The Morgan fingerprint density at radius 1 is 1.15 bits per heavy atom. The number of nitrogens with zero attached hydrogens (tertiary/aromatic N) is 4. The van der Waals surface area contributed by atoms with Gasteiger partial charge in [0.05, 0.1) is 16.8 Å². The van der Waals surface area contributed by atoms with Gasteiger partial charge in [-0.15, -0.1) is 0 Å². The lowest BCUT2D eigenvalue weighted by atomic mass is 10.3. The van der Waals surface area contributed by atoms with Gasteiger partial charge in [-0.2, -0.15) is 0 Å². The van der Waals surface area contributed by atoms with Crippen molar-refractivity contribution in [2.75, 3.05) is 6.61 Å². The third-order valence-corrected chi connectivity index (χ3v) is 5.66. The van der Waals surface area contributed by atoms with Gasteiger partial charge in [0.15, 0.2) is 10.8 Å². The van der Waals surface area contributed by atoms with Crippen molar-refractivity contribution in [2.45, 2.75) is 53.9 Å². The number of amides is 2. The van der Waals surface area contributed by atoms with Crippen LogP contribution >= 0.6 is 23.5 Å². The Balaban J connectivity index is 2.42. The van der Waals surface area contributed by atoms with Crippen molar-refractivity contribution in [3.8, 4) is 0 Å². The second kappa shape index (κ2) is 9.19. The molecule has 0 aliphatic heterocycles. The van der Waals surface area contributed by atoms with Crippen LogP contribution in [0.3, 0.4) is 0 Å². The van der Waals surface area contributed by atoms with E-state index in [9.17, 15) is 9.59 Å². The van der Waals surface area contributed by atoms with Crippen molar-refractivity contribution in [1.82, 2.24) is 19.5 Å². The van der Waals surface area contributed by atoms with Crippen LogP contribution in [-0.2, 0) is 16.1 Å². The molecule has 0 aliphatic carbocycles. The maximum atomic E-state index is 11.4. The molecular weight excluding hydrogens is 376 g/mol. The molecule has 0 bridgehead atoms. The molecular formula is C15H22N6O3S2. The van der Waals surface area contributed by atoms with E-state index in [1.165, 1.54) is 11.8 Å². The van der Waals surface area contributed by atoms with Gasteiger partial charge >= 0.3 is 0 Å². The van der Waals surface area contributed by atoms with Gasteiger partial charge in [-0.3, -0.25) is 9.59 Å². The average Bonchev–Trinajstić information content (AvgIpc) is 2.98. The Morgan fingerprint density at radius 3 is 2.42 bits per heavy atom. The highest BCUT2D eigenvalue weighted by Crippen LogP contribution is 2.31. The number of unbranched alkanes of at least 4 members (excludes halogenated alkanes) is 1. The molecule has 2 aromatic heterocycles. The largest absolute Gasteiger partial charge is 0.396 e. The zero-order valence-corrected chi connectivity index (χ0v) is 16.2. The van der Waals surface area contributed by atoms with Crippen molar-refractivity contribution in [1.29, 1.82) is 0 Å². The molecule has 0 spiro atoms. The van der Waals surface area contributed by atoms with Crippen LogP contribution < -0.4 is 11.5 Å². The Kier molecular flexibility index (Phi) is 7.23. The fourth-order valence-electron chi connectivity index (χ4n) is 2.03. The number of aliphatic hydroxyl groups is 1. The predicted molar refractivity (Wildman–Crippen MR) is 101 cm³/mol. The molecule has 2 aromatic rings. The molecule has 0 fully saturated rings. The number of rotatable bonds is 10. The summed E-state index contributed by atoms with van der Waals surface area (Å²) in [5, 5.41) is 8.88. The molecule has 11 heteroatoms. The first-order valence-corrected chi connectivity index (χ1v) is 9.85. The molecule has 2 unspecified atom stereocenters. The van der Waals surface area contributed by atoms with Gasteiger partial charge in [-0.05, 0) is 26.7 Å². The summed E-state index contributed by atoms with van der Waals surface area (Å²) in [4.78, 5) is 36.1. The van der Waals surface area contributed by atoms with E-state index in [1.807, 2.05) is 4.57 Å². The molecule has 5 N–H and O–H groups in total. The van der Waals surface area contributed by atoms with Gasteiger partial charge in [0.2, 0.25) is 11.8 Å². The smallest absolute Gasteiger partial charge is 0.230 e. The third kappa shape index (κ3) is 5.08. The Labute approximate surface area is 159 Å². The number of primary amides is 2. The summed E-state index contributed by atoms with van der Waals surface area (Å²) in [5.41, 5.74) is 11.9. The number of fused-ring (bicyclic) bond motifs is 1. The van der Waals surface area contributed by atoms with Crippen molar-refractivity contribution >= 4 is 46.5 Å². The molecule has 142 valence electrons. The molecule has 26 heavy (non-hydrogen) atoms. The topological polar surface area (TPSA) is 150 Å². The molecule has 0 saturated heterocycles. The number of aromatic nitrogens is 4. The lowest BCUT2D eigenvalue weighted by Gasteiger charge is -2.11. The summed E-state index contributed by atoms with van der Waals surface area (Å²) in [6.07, 6.45) is 3.10. The summed E-state index contributed by atoms with van der Waals surface area (Å²) in [6, 6.07) is 0. The minimum atomic E-state index is -0.496. The number of carbonyl (C=O) groups is 2. The van der Waals surface area contributed by atoms with Crippen LogP contribution in [0.1, 0.15) is 26.7 Å². The normalized spacial score (nSPS) is 13.7. The first-order chi connectivity index (χ1) is 12.3. The van der Waals surface area contributed by atoms with Gasteiger partial charge < -0.3 is 21.1 Å². The fraction of sp³-hybridized carbons (Fsp3) is 0.533. The number of aryl methyl sites for hydroxylation is 1. The molecule has 2 atom stereocenters. The maximum Gasteiger partial charge on any atom is 0.230 e. The lowest BCUT2D eigenvalue weighted by Crippen LogP contribution is -2.23. The third-order valence-electron chi connectivity index (χ3n) is 3.59. The minimum absolute atomic E-state index is 0.121. The van der Waals surface area contributed by atoms with Gasteiger partial charge in [0.25, 0.3) is 0 Å². The standard InChI is InChI=1S/C15H22N6O3S2/c1-8(11(16)23)25-14-10-13(21(7-18-10)5-3-4-6-22)19-15(20-14)26-9(2)12(17)24/h7-9,22H,3-6H2,1-2H3,(H2,16,23)(H2,17,24). The molecule has 9 nitrogen and oxygen atoms in total. The second-order valence-corrected chi connectivity index (χ2v) is 8.31. The highest BCUT2D eigenvalue weighted by molar-refractivity contribution is 8.01. The number of hydrogen-bond donors (Lipinski definition) is 3. The summed E-state index contributed by atoms with van der Waals surface area (Å²) >= 11 is 2.35. The number of nitrogens with two attached hydrogens (primary N) is 2. The lowest BCUT2D eigenvalue weighted by molar-refractivity contribution is -0.118. The first kappa shape index (κ1) is 20.5. The SMILES string of the molecule is CC(Sc1nc(SC(C)C(N)=O)c2ncn(CCCCO)c2n1)C(N)=O. The number of thioether (sulfide) groups is 2. The summed E-state index contributed by atoms with van der Waals surface area (Å²) in [6.45, 7) is 4.13. The van der Waals surface area contributed by atoms with Gasteiger partial charge in [-0.1, -0.05) is 23.5 Å². The van der Waals surface area contributed by atoms with E-state index in [2.05, 4.69) is 15.0 Å². The number of carbonyl (C=O) groups excluding carboxylic acids is 2. The van der Waals surface area contributed by atoms with Crippen LogP contribution in [-0.4, -0.2) is 53.5 Å². The number of hydrogen-bond acceptors (Lipinski definition) is 8. The van der Waals surface area contributed by atoms with Crippen LogP contribution in [0.2, 0.25) is 0 Å². The minimum Gasteiger partial charge on any atom is -0.396 e. The molecule has 2 amide bonds. The Morgan fingerprint density at radius 2 is 1.81 bits per heavy atom. The Bertz CT molecular complexity index is 797. The Hall–Kier alpha value is -1.85.